The number of hydrogen-bond acceptors (Lipinski definition) is 3. The normalized spacial score (nSPS) is 34.9. The van der Waals surface area contributed by atoms with Crippen LogP contribution in [0.15, 0.2) is 24.3 Å². The Bertz CT molecular complexity index is 734. The van der Waals surface area contributed by atoms with Gasteiger partial charge in [-0.05, 0) is 75.0 Å². The van der Waals surface area contributed by atoms with E-state index in [9.17, 15) is 9.59 Å². The maximum atomic E-state index is 12.9. The largest absolute Gasteiger partial charge is 0.455 e. The van der Waals surface area contributed by atoms with Gasteiger partial charge in [0.1, 0.15) is 0 Å². The molecule has 4 saturated carbocycles. The Morgan fingerprint density at radius 1 is 1.19 bits per heavy atom. The van der Waals surface area contributed by atoms with Crippen molar-refractivity contribution in [2.75, 3.05) is 6.61 Å². The van der Waals surface area contributed by atoms with Crippen LogP contribution in [0.3, 0.4) is 0 Å². The molecule has 0 spiro atoms. The van der Waals surface area contributed by atoms with Gasteiger partial charge in [-0.2, -0.15) is 0 Å². The average molecular weight is 410 g/mol. The van der Waals surface area contributed by atoms with Crippen molar-refractivity contribution < 1.29 is 14.3 Å². The number of hydrogen-bond donors (Lipinski definition) is 1. The highest BCUT2D eigenvalue weighted by atomic mass is 35.5. The topological polar surface area (TPSA) is 55.4 Å². The molecule has 4 aliphatic rings. The zero-order valence-corrected chi connectivity index (χ0v) is 17.0. The summed E-state index contributed by atoms with van der Waals surface area (Å²) >= 11 is 12.7. The number of carbonyl (C=O) groups excluding carboxylic acids is 2. The highest BCUT2D eigenvalue weighted by Gasteiger charge is 2.60. The molecule has 2 unspecified atom stereocenters. The van der Waals surface area contributed by atoms with E-state index in [0.29, 0.717) is 23.3 Å². The molecule has 1 amide bonds. The summed E-state index contributed by atoms with van der Waals surface area (Å²) < 4.78 is 5.46. The van der Waals surface area contributed by atoms with Crippen LogP contribution in [0.1, 0.15) is 57.1 Å². The molecular formula is C21H25Cl2NO3. The van der Waals surface area contributed by atoms with Crippen molar-refractivity contribution in [2.45, 2.75) is 56.4 Å². The van der Waals surface area contributed by atoms with Crippen LogP contribution in [-0.2, 0) is 14.3 Å². The summed E-state index contributed by atoms with van der Waals surface area (Å²) in [4.78, 5) is 24.9. The lowest BCUT2D eigenvalue weighted by Crippen LogP contribution is -2.56. The van der Waals surface area contributed by atoms with E-state index in [0.717, 1.165) is 31.2 Å². The molecule has 1 aromatic rings. The summed E-state index contributed by atoms with van der Waals surface area (Å²) in [6, 6.07) is 7.13. The van der Waals surface area contributed by atoms with Gasteiger partial charge < -0.3 is 10.1 Å². The molecule has 5 atom stereocenters. The van der Waals surface area contributed by atoms with Crippen LogP contribution in [0, 0.1) is 17.3 Å². The molecular weight excluding hydrogens is 385 g/mol. The fourth-order valence-electron chi connectivity index (χ4n) is 5.79. The number of amides is 1. The lowest BCUT2D eigenvalue weighted by molar-refractivity contribution is -0.171. The minimum atomic E-state index is -0.478. The second-order valence-electron chi connectivity index (χ2n) is 8.81. The van der Waals surface area contributed by atoms with E-state index in [1.807, 2.05) is 19.1 Å². The minimum absolute atomic E-state index is 0.181. The second kappa shape index (κ2) is 6.97. The molecule has 1 aromatic carbocycles. The van der Waals surface area contributed by atoms with Crippen molar-refractivity contribution in [1.82, 2.24) is 5.32 Å². The molecule has 5 rings (SSSR count). The monoisotopic (exact) mass is 409 g/mol. The SMILES string of the molecule is C[C@H](NC(=O)COC(=O)C12C[C@@H]3C[C@@H](CC(Cl)(C3)C1)C2)c1ccc(Cl)cc1. The molecule has 27 heavy (non-hydrogen) atoms. The third kappa shape index (κ3) is 3.84. The van der Waals surface area contributed by atoms with Crippen LogP contribution < -0.4 is 5.32 Å². The first-order valence-corrected chi connectivity index (χ1v) is 10.4. The first-order chi connectivity index (χ1) is 12.8. The lowest BCUT2D eigenvalue weighted by Gasteiger charge is -2.58. The summed E-state index contributed by atoms with van der Waals surface area (Å²) in [5.74, 6) is 0.511. The van der Waals surface area contributed by atoms with Crippen molar-refractivity contribution in [2.24, 2.45) is 17.3 Å². The third-order valence-electron chi connectivity index (χ3n) is 6.50. The molecule has 0 aromatic heterocycles. The highest BCUT2D eigenvalue weighted by Crippen LogP contribution is 2.64. The molecule has 0 saturated heterocycles. The van der Waals surface area contributed by atoms with E-state index in [2.05, 4.69) is 5.32 Å². The van der Waals surface area contributed by atoms with Crippen LogP contribution >= 0.6 is 23.2 Å². The number of rotatable bonds is 5. The fraction of sp³-hybridized carbons (Fsp3) is 0.619. The molecule has 4 bridgehead atoms. The molecule has 4 nitrogen and oxygen atoms in total. The number of nitrogens with one attached hydrogen (secondary N) is 1. The number of ether oxygens (including phenoxy) is 1. The highest BCUT2D eigenvalue weighted by molar-refractivity contribution is 6.30. The Hall–Kier alpha value is -1.26. The molecule has 0 radical (unpaired) electrons. The van der Waals surface area contributed by atoms with Gasteiger partial charge in [-0.3, -0.25) is 9.59 Å². The van der Waals surface area contributed by atoms with E-state index in [1.54, 1.807) is 12.1 Å². The van der Waals surface area contributed by atoms with Crippen LogP contribution in [0.25, 0.3) is 0 Å². The van der Waals surface area contributed by atoms with Gasteiger partial charge in [0.05, 0.1) is 11.5 Å². The van der Waals surface area contributed by atoms with Crippen molar-refractivity contribution in [3.05, 3.63) is 34.9 Å². The van der Waals surface area contributed by atoms with Gasteiger partial charge in [-0.1, -0.05) is 23.7 Å². The zero-order valence-electron chi connectivity index (χ0n) is 15.5. The number of benzene rings is 1. The maximum Gasteiger partial charge on any atom is 0.312 e. The summed E-state index contributed by atoms with van der Waals surface area (Å²) in [7, 11) is 0. The average Bonchev–Trinajstić information content (AvgIpc) is 2.58. The summed E-state index contributed by atoms with van der Waals surface area (Å²) in [5, 5.41) is 3.52. The van der Waals surface area contributed by atoms with E-state index in [-0.39, 0.29) is 29.4 Å². The maximum absolute atomic E-state index is 12.9. The number of halogens is 2. The van der Waals surface area contributed by atoms with Gasteiger partial charge in [0, 0.05) is 9.90 Å². The molecule has 4 aliphatic carbocycles. The van der Waals surface area contributed by atoms with Gasteiger partial charge in [0.2, 0.25) is 0 Å². The van der Waals surface area contributed by atoms with Crippen LogP contribution in [0.2, 0.25) is 5.02 Å². The summed E-state index contributed by atoms with van der Waals surface area (Å²) in [5.41, 5.74) is 0.470. The molecule has 6 heteroatoms. The van der Waals surface area contributed by atoms with Crippen LogP contribution in [-0.4, -0.2) is 23.4 Å². The van der Waals surface area contributed by atoms with Gasteiger partial charge in [0.25, 0.3) is 5.91 Å². The predicted octanol–water partition coefficient (Wildman–Crippen LogP) is 4.64. The molecule has 0 heterocycles. The quantitative estimate of drug-likeness (QED) is 0.569. The van der Waals surface area contributed by atoms with Crippen molar-refractivity contribution in [3.8, 4) is 0 Å². The van der Waals surface area contributed by atoms with Gasteiger partial charge in [-0.15, -0.1) is 11.6 Å². The number of alkyl halides is 1. The lowest BCUT2D eigenvalue weighted by atomic mass is 9.49. The van der Waals surface area contributed by atoms with Crippen LogP contribution in [0.5, 0.6) is 0 Å². The van der Waals surface area contributed by atoms with Gasteiger partial charge >= 0.3 is 5.97 Å². The zero-order chi connectivity index (χ0) is 19.2. The Balaban J connectivity index is 1.33. The van der Waals surface area contributed by atoms with Crippen molar-refractivity contribution in [3.63, 3.8) is 0 Å². The molecule has 0 aliphatic heterocycles. The standard InChI is InChI=1S/C21H25Cl2NO3/c1-13(16-2-4-17(22)5-3-16)24-18(25)11-27-19(26)20-7-14-6-15(8-20)10-21(23,9-14)12-20/h2-5,13-15H,6-12H2,1H3,(H,24,25)/t13-,14-,15+,20?,21?/m0/s1. The Morgan fingerprint density at radius 2 is 1.81 bits per heavy atom. The minimum Gasteiger partial charge on any atom is -0.455 e. The van der Waals surface area contributed by atoms with E-state index < -0.39 is 5.41 Å². The second-order valence-corrected chi connectivity index (χ2v) is 10.0. The third-order valence-corrected chi connectivity index (χ3v) is 7.20. The van der Waals surface area contributed by atoms with E-state index in [1.165, 1.54) is 6.42 Å². The first kappa shape index (κ1) is 19.1. The molecule has 146 valence electrons. The molecule has 1 N–H and O–H groups in total. The fourth-order valence-corrected chi connectivity index (χ4v) is 6.61. The number of carbonyl (C=O) groups is 2. The summed E-state index contributed by atoms with van der Waals surface area (Å²) in [6.45, 7) is 1.64. The Kier molecular flexibility index (Phi) is 4.92. The van der Waals surface area contributed by atoms with E-state index >= 15 is 0 Å². The van der Waals surface area contributed by atoms with Gasteiger partial charge in [-0.25, -0.2) is 0 Å². The molecule has 4 fully saturated rings. The first-order valence-electron chi connectivity index (χ1n) is 9.68. The summed E-state index contributed by atoms with van der Waals surface area (Å²) in [6.07, 6.45) is 5.62. The number of esters is 1. The Morgan fingerprint density at radius 3 is 2.41 bits per heavy atom. The smallest absolute Gasteiger partial charge is 0.312 e. The predicted molar refractivity (Wildman–Crippen MR) is 105 cm³/mol. The van der Waals surface area contributed by atoms with Gasteiger partial charge in [0.15, 0.2) is 6.61 Å². The van der Waals surface area contributed by atoms with Crippen molar-refractivity contribution in [1.29, 1.82) is 0 Å². The van der Waals surface area contributed by atoms with Crippen LogP contribution in [0.4, 0.5) is 0 Å². The van der Waals surface area contributed by atoms with Crippen molar-refractivity contribution >= 4 is 35.1 Å². The Labute approximate surface area is 169 Å². The van der Waals surface area contributed by atoms with E-state index in [4.69, 9.17) is 27.9 Å².